The van der Waals surface area contributed by atoms with E-state index in [1.807, 2.05) is 31.2 Å². The number of anilines is 2. The zero-order valence-electron chi connectivity index (χ0n) is 16.0. The molecular weight excluding hydrogens is 420 g/mol. The van der Waals surface area contributed by atoms with Crippen molar-refractivity contribution in [2.75, 3.05) is 4.31 Å². The number of carboxylic acid groups (broad SMARTS) is 1. The van der Waals surface area contributed by atoms with Crippen LogP contribution in [0.5, 0.6) is 0 Å². The van der Waals surface area contributed by atoms with Crippen LogP contribution in [-0.4, -0.2) is 24.5 Å². The summed E-state index contributed by atoms with van der Waals surface area (Å²) in [7, 11) is -4.12. The zero-order valence-corrected chi connectivity index (χ0v) is 17.7. The highest BCUT2D eigenvalue weighted by Crippen LogP contribution is 2.37. The fraction of sp³-hybridized carbons (Fsp3) is 0.0909. The molecule has 0 fully saturated rings. The van der Waals surface area contributed by atoms with Crippen LogP contribution in [0.15, 0.2) is 77.7 Å². The number of hydrogen-bond donors (Lipinski definition) is 1. The number of aromatic nitrogens is 1. The van der Waals surface area contributed by atoms with Gasteiger partial charge in [0, 0.05) is 0 Å². The number of nitrogens with zero attached hydrogens (tertiary/aromatic N) is 2. The molecule has 0 bridgehead atoms. The second kappa shape index (κ2) is 7.89. The maximum atomic E-state index is 13.7. The number of fused-ring (bicyclic) bond motifs is 1. The maximum Gasteiger partial charge on any atom is 0.336 e. The Morgan fingerprint density at radius 1 is 1.03 bits per heavy atom. The molecule has 8 heteroatoms. The van der Waals surface area contributed by atoms with Crippen molar-refractivity contribution in [3.63, 3.8) is 0 Å². The Balaban J connectivity index is 1.93. The van der Waals surface area contributed by atoms with Gasteiger partial charge in [-0.1, -0.05) is 54.7 Å². The molecule has 1 N–H and O–H groups in total. The Kier molecular flexibility index (Phi) is 5.27. The molecule has 30 heavy (non-hydrogen) atoms. The van der Waals surface area contributed by atoms with E-state index in [0.717, 1.165) is 4.70 Å². The van der Waals surface area contributed by atoms with Crippen LogP contribution < -0.4 is 4.31 Å². The SMILES string of the molecule is CCc1ccc(S(=O)(=O)N(c2ccccc2)c2nc3ccccc3s2)cc1C(=O)O. The van der Waals surface area contributed by atoms with Crippen LogP contribution in [0.1, 0.15) is 22.8 Å². The van der Waals surface area contributed by atoms with Crippen LogP contribution in [-0.2, 0) is 16.4 Å². The predicted molar refractivity (Wildman–Crippen MR) is 118 cm³/mol. The quantitative estimate of drug-likeness (QED) is 0.453. The number of hydrogen-bond acceptors (Lipinski definition) is 5. The number of aromatic carboxylic acids is 1. The lowest BCUT2D eigenvalue weighted by atomic mass is 10.1. The Morgan fingerprint density at radius 3 is 2.40 bits per heavy atom. The van der Waals surface area contributed by atoms with Crippen molar-refractivity contribution in [3.8, 4) is 0 Å². The van der Waals surface area contributed by atoms with E-state index in [0.29, 0.717) is 28.3 Å². The molecular formula is C22H18N2O4S2. The Labute approximate surface area is 178 Å². The molecule has 0 spiro atoms. The number of sulfonamides is 1. The minimum absolute atomic E-state index is 0.0177. The van der Waals surface area contributed by atoms with E-state index in [2.05, 4.69) is 4.98 Å². The van der Waals surface area contributed by atoms with E-state index in [4.69, 9.17) is 0 Å². The van der Waals surface area contributed by atoms with Crippen LogP contribution in [0, 0.1) is 0 Å². The van der Waals surface area contributed by atoms with Crippen LogP contribution in [0.25, 0.3) is 10.2 Å². The van der Waals surface area contributed by atoms with Gasteiger partial charge in [-0.3, -0.25) is 0 Å². The summed E-state index contributed by atoms with van der Waals surface area (Å²) < 4.78 is 29.4. The smallest absolute Gasteiger partial charge is 0.336 e. The molecule has 0 saturated carbocycles. The van der Waals surface area contributed by atoms with E-state index in [1.165, 1.54) is 27.8 Å². The first kappa shape index (κ1) is 20.1. The Hall–Kier alpha value is -3.23. The molecule has 0 atom stereocenters. The lowest BCUT2D eigenvalue weighted by Gasteiger charge is -2.22. The van der Waals surface area contributed by atoms with Crippen molar-refractivity contribution in [2.24, 2.45) is 0 Å². The average Bonchev–Trinajstić information content (AvgIpc) is 3.17. The van der Waals surface area contributed by atoms with Gasteiger partial charge in [0.15, 0.2) is 0 Å². The second-order valence-corrected chi connectivity index (χ2v) is 9.34. The van der Waals surface area contributed by atoms with Gasteiger partial charge in [0.2, 0.25) is 5.13 Å². The third-order valence-corrected chi connectivity index (χ3v) is 7.53. The van der Waals surface area contributed by atoms with Crippen molar-refractivity contribution in [1.82, 2.24) is 4.98 Å². The average molecular weight is 439 g/mol. The molecule has 1 heterocycles. The van der Waals surface area contributed by atoms with E-state index in [9.17, 15) is 18.3 Å². The Bertz CT molecular complexity index is 1300. The van der Waals surface area contributed by atoms with E-state index in [1.54, 1.807) is 36.4 Å². The Morgan fingerprint density at radius 2 is 1.73 bits per heavy atom. The topological polar surface area (TPSA) is 87.6 Å². The van der Waals surface area contributed by atoms with Gasteiger partial charge < -0.3 is 5.11 Å². The molecule has 1 aromatic heterocycles. The summed E-state index contributed by atoms with van der Waals surface area (Å²) in [4.78, 5) is 16.1. The number of thiazole rings is 1. The summed E-state index contributed by atoms with van der Waals surface area (Å²) in [6.45, 7) is 1.83. The molecule has 0 aliphatic heterocycles. The number of rotatable bonds is 6. The third-order valence-electron chi connectivity index (χ3n) is 4.68. The maximum absolute atomic E-state index is 13.7. The first-order chi connectivity index (χ1) is 14.4. The first-order valence-electron chi connectivity index (χ1n) is 9.24. The van der Waals surface area contributed by atoms with Gasteiger partial charge in [-0.2, -0.15) is 0 Å². The van der Waals surface area contributed by atoms with Gasteiger partial charge in [-0.05, 0) is 48.4 Å². The van der Waals surface area contributed by atoms with E-state index in [-0.39, 0.29) is 10.5 Å². The van der Waals surface area contributed by atoms with E-state index >= 15 is 0 Å². The summed E-state index contributed by atoms with van der Waals surface area (Å²) in [5.41, 5.74) is 1.68. The summed E-state index contributed by atoms with van der Waals surface area (Å²) in [6.07, 6.45) is 0.488. The monoisotopic (exact) mass is 438 g/mol. The summed E-state index contributed by atoms with van der Waals surface area (Å²) >= 11 is 1.26. The minimum atomic E-state index is -4.12. The highest BCUT2D eigenvalue weighted by Gasteiger charge is 2.30. The standard InChI is InChI=1S/C22H18N2O4S2/c1-2-15-12-13-17(14-18(15)21(25)26)30(27,28)24(16-8-4-3-5-9-16)22-23-19-10-6-7-11-20(19)29-22/h3-14H,2H2,1H3,(H,25,26). The van der Waals surface area contributed by atoms with Gasteiger partial charge in [-0.15, -0.1) is 0 Å². The van der Waals surface area contributed by atoms with Crippen molar-refractivity contribution in [2.45, 2.75) is 18.2 Å². The van der Waals surface area contributed by atoms with Gasteiger partial charge in [0.05, 0.1) is 26.4 Å². The zero-order chi connectivity index (χ0) is 21.3. The number of aryl methyl sites for hydroxylation is 1. The minimum Gasteiger partial charge on any atom is -0.478 e. The number of para-hydroxylation sites is 2. The number of benzene rings is 3. The van der Waals surface area contributed by atoms with Crippen molar-refractivity contribution in [3.05, 3.63) is 83.9 Å². The van der Waals surface area contributed by atoms with Gasteiger partial charge in [0.25, 0.3) is 10.0 Å². The van der Waals surface area contributed by atoms with Crippen LogP contribution in [0.3, 0.4) is 0 Å². The number of carbonyl (C=O) groups is 1. The highest BCUT2D eigenvalue weighted by molar-refractivity contribution is 7.93. The summed E-state index contributed by atoms with van der Waals surface area (Å²) in [5, 5.41) is 9.83. The first-order valence-corrected chi connectivity index (χ1v) is 11.5. The fourth-order valence-electron chi connectivity index (χ4n) is 3.19. The third kappa shape index (κ3) is 3.55. The molecule has 152 valence electrons. The van der Waals surface area contributed by atoms with Gasteiger partial charge >= 0.3 is 5.97 Å². The molecule has 0 amide bonds. The molecule has 4 rings (SSSR count). The molecule has 3 aromatic carbocycles. The highest BCUT2D eigenvalue weighted by atomic mass is 32.2. The number of carboxylic acids is 1. The summed E-state index contributed by atoms with van der Waals surface area (Å²) in [5.74, 6) is -1.16. The summed E-state index contributed by atoms with van der Waals surface area (Å²) in [6, 6.07) is 20.3. The van der Waals surface area contributed by atoms with Crippen molar-refractivity contribution >= 4 is 48.4 Å². The van der Waals surface area contributed by atoms with Crippen LogP contribution in [0.2, 0.25) is 0 Å². The van der Waals surface area contributed by atoms with Crippen molar-refractivity contribution in [1.29, 1.82) is 0 Å². The molecule has 0 saturated heterocycles. The van der Waals surface area contributed by atoms with Crippen molar-refractivity contribution < 1.29 is 18.3 Å². The van der Waals surface area contributed by atoms with E-state index < -0.39 is 16.0 Å². The fourth-order valence-corrected chi connectivity index (χ4v) is 5.85. The second-order valence-electron chi connectivity index (χ2n) is 6.55. The molecule has 4 aromatic rings. The molecule has 0 aliphatic carbocycles. The molecule has 0 unspecified atom stereocenters. The largest absolute Gasteiger partial charge is 0.478 e. The molecule has 0 aliphatic rings. The molecule has 0 radical (unpaired) electrons. The molecule has 6 nitrogen and oxygen atoms in total. The normalized spacial score (nSPS) is 11.5. The van der Waals surface area contributed by atoms with Crippen LogP contribution >= 0.6 is 11.3 Å². The lowest BCUT2D eigenvalue weighted by molar-refractivity contribution is 0.0695. The van der Waals surface area contributed by atoms with Gasteiger partial charge in [-0.25, -0.2) is 22.5 Å². The lowest BCUT2D eigenvalue weighted by Crippen LogP contribution is -2.26. The van der Waals surface area contributed by atoms with Gasteiger partial charge in [0.1, 0.15) is 0 Å². The predicted octanol–water partition coefficient (Wildman–Crippen LogP) is 5.08. The van der Waals surface area contributed by atoms with Crippen LogP contribution in [0.4, 0.5) is 10.8 Å².